The Balaban J connectivity index is 4.58. The van der Waals surface area contributed by atoms with Gasteiger partial charge in [-0.2, -0.15) is 0 Å². The zero-order valence-electron chi connectivity index (χ0n) is 36.6. The largest absolute Gasteiger partial charge is 0.756 e. The molecule has 10 heteroatoms. The highest BCUT2D eigenvalue weighted by Crippen LogP contribution is 2.38. The highest BCUT2D eigenvalue weighted by molar-refractivity contribution is 7.45. The Morgan fingerprint density at radius 3 is 1.68 bits per heavy atom. The van der Waals surface area contributed by atoms with Crippen LogP contribution in [-0.4, -0.2) is 79.8 Å². The zero-order chi connectivity index (χ0) is 42.3. The number of amides is 1. The normalized spacial score (nSPS) is 15.7. The van der Waals surface area contributed by atoms with Crippen LogP contribution in [0.4, 0.5) is 0 Å². The molecule has 0 saturated heterocycles. The summed E-state index contributed by atoms with van der Waals surface area (Å²) in [4.78, 5) is 25.3. The van der Waals surface area contributed by atoms with Crippen molar-refractivity contribution in [3.05, 3.63) is 85.1 Å². The number of phosphoric acid groups is 1. The molecule has 4 unspecified atom stereocenters. The van der Waals surface area contributed by atoms with Crippen LogP contribution in [0.2, 0.25) is 0 Å². The number of hydrogen-bond acceptors (Lipinski definition) is 7. The molecule has 0 aromatic carbocycles. The van der Waals surface area contributed by atoms with Gasteiger partial charge >= 0.3 is 0 Å². The number of unbranched alkanes of at least 4 members (excludes halogenated alkanes) is 10. The number of carbonyl (C=O) groups excluding carboxylic acids is 1. The van der Waals surface area contributed by atoms with E-state index in [1.54, 1.807) is 0 Å². The van der Waals surface area contributed by atoms with Crippen molar-refractivity contribution in [3.8, 4) is 0 Å². The summed E-state index contributed by atoms with van der Waals surface area (Å²) in [6.07, 6.45) is 47.7. The molecule has 0 rings (SSSR count). The molecule has 0 aliphatic heterocycles. The summed E-state index contributed by atoms with van der Waals surface area (Å²) in [5.74, 6) is -0.317. The van der Waals surface area contributed by atoms with E-state index in [-0.39, 0.29) is 18.9 Å². The molecule has 0 aliphatic carbocycles. The minimum Gasteiger partial charge on any atom is -0.756 e. The molecule has 57 heavy (non-hydrogen) atoms. The van der Waals surface area contributed by atoms with E-state index in [9.17, 15) is 24.5 Å². The van der Waals surface area contributed by atoms with Gasteiger partial charge in [0.25, 0.3) is 7.82 Å². The van der Waals surface area contributed by atoms with Gasteiger partial charge in [0.05, 0.1) is 39.9 Å². The van der Waals surface area contributed by atoms with Crippen LogP contribution in [0, 0.1) is 0 Å². The van der Waals surface area contributed by atoms with Gasteiger partial charge in [-0.15, -0.1) is 0 Å². The number of nitrogens with one attached hydrogen (secondary N) is 1. The van der Waals surface area contributed by atoms with E-state index in [1.165, 1.54) is 19.3 Å². The van der Waals surface area contributed by atoms with E-state index in [1.807, 2.05) is 21.1 Å². The zero-order valence-corrected chi connectivity index (χ0v) is 37.5. The van der Waals surface area contributed by atoms with Crippen molar-refractivity contribution in [2.75, 3.05) is 40.9 Å². The lowest BCUT2D eigenvalue weighted by molar-refractivity contribution is -0.870. The molecular weight excluding hydrogens is 735 g/mol. The Labute approximate surface area is 349 Å². The molecule has 1 amide bonds. The Morgan fingerprint density at radius 2 is 1.12 bits per heavy atom. The van der Waals surface area contributed by atoms with Gasteiger partial charge in [-0.05, 0) is 96.3 Å². The van der Waals surface area contributed by atoms with Gasteiger partial charge in [0.1, 0.15) is 19.3 Å². The predicted octanol–water partition coefficient (Wildman–Crippen LogP) is 10.5. The first-order valence-electron chi connectivity index (χ1n) is 22.0. The van der Waals surface area contributed by atoms with Gasteiger partial charge in [-0.25, -0.2) is 0 Å². The number of rotatable bonds is 38. The van der Waals surface area contributed by atoms with Crippen molar-refractivity contribution < 1.29 is 38.0 Å². The maximum Gasteiger partial charge on any atom is 0.268 e. The molecular formula is C47H83N2O7P. The molecule has 0 aromatic rings. The quantitative estimate of drug-likeness (QED) is 0.0245. The summed E-state index contributed by atoms with van der Waals surface area (Å²) in [5.41, 5.74) is 0. The molecule has 0 radical (unpaired) electrons. The van der Waals surface area contributed by atoms with E-state index in [2.05, 4.69) is 104 Å². The van der Waals surface area contributed by atoms with E-state index in [4.69, 9.17) is 9.05 Å². The topological polar surface area (TPSA) is 128 Å². The fourth-order valence-electron chi connectivity index (χ4n) is 5.65. The molecule has 0 saturated carbocycles. The van der Waals surface area contributed by atoms with Crippen LogP contribution in [-0.2, 0) is 18.4 Å². The van der Waals surface area contributed by atoms with Gasteiger partial charge in [0.2, 0.25) is 5.91 Å². The molecule has 0 aliphatic rings. The van der Waals surface area contributed by atoms with Crippen molar-refractivity contribution >= 4 is 13.7 Å². The smallest absolute Gasteiger partial charge is 0.268 e. The summed E-state index contributed by atoms with van der Waals surface area (Å²) < 4.78 is 23.1. The first-order chi connectivity index (χ1) is 27.4. The average Bonchev–Trinajstić information content (AvgIpc) is 3.16. The second kappa shape index (κ2) is 37.9. The number of phosphoric ester groups is 1. The number of allylic oxidation sites excluding steroid dienone is 14. The van der Waals surface area contributed by atoms with Gasteiger partial charge in [-0.1, -0.05) is 131 Å². The Kier molecular flexibility index (Phi) is 36.3. The third kappa shape index (κ3) is 38.9. The van der Waals surface area contributed by atoms with Gasteiger partial charge in [0, 0.05) is 6.42 Å². The Bertz CT molecular complexity index is 1220. The first-order valence-corrected chi connectivity index (χ1v) is 23.5. The van der Waals surface area contributed by atoms with Crippen LogP contribution in [0.1, 0.15) is 149 Å². The Hall–Kier alpha value is -2.36. The van der Waals surface area contributed by atoms with Crippen LogP contribution >= 0.6 is 7.82 Å². The van der Waals surface area contributed by atoms with Crippen molar-refractivity contribution in [2.24, 2.45) is 0 Å². The lowest BCUT2D eigenvalue weighted by atomic mass is 10.0. The lowest BCUT2D eigenvalue weighted by Gasteiger charge is -2.31. The van der Waals surface area contributed by atoms with Crippen LogP contribution in [0.15, 0.2) is 85.1 Å². The molecule has 0 fully saturated rings. The third-order valence-electron chi connectivity index (χ3n) is 9.19. The number of aliphatic hydroxyl groups excluding tert-OH is 2. The molecule has 3 N–H and O–H groups in total. The van der Waals surface area contributed by atoms with Gasteiger partial charge in [0.15, 0.2) is 0 Å². The fourth-order valence-corrected chi connectivity index (χ4v) is 6.37. The minimum absolute atomic E-state index is 0.0580. The van der Waals surface area contributed by atoms with Crippen molar-refractivity contribution in [3.63, 3.8) is 0 Å². The van der Waals surface area contributed by atoms with Crippen molar-refractivity contribution in [1.29, 1.82) is 0 Å². The van der Waals surface area contributed by atoms with Crippen LogP contribution in [0.3, 0.4) is 0 Å². The van der Waals surface area contributed by atoms with Crippen LogP contribution in [0.5, 0.6) is 0 Å². The fraction of sp³-hybridized carbons (Fsp3) is 0.681. The predicted molar refractivity (Wildman–Crippen MR) is 239 cm³/mol. The lowest BCUT2D eigenvalue weighted by Crippen LogP contribution is -2.51. The Morgan fingerprint density at radius 1 is 0.649 bits per heavy atom. The van der Waals surface area contributed by atoms with Crippen molar-refractivity contribution in [1.82, 2.24) is 5.32 Å². The van der Waals surface area contributed by atoms with E-state index >= 15 is 0 Å². The second-order valence-corrected chi connectivity index (χ2v) is 17.2. The number of nitrogens with zero attached hydrogens (tertiary/aromatic N) is 1. The third-order valence-corrected chi connectivity index (χ3v) is 10.2. The number of aliphatic hydroxyl groups is 2. The number of quaternary nitrogens is 1. The summed E-state index contributed by atoms with van der Waals surface area (Å²) in [6, 6.07) is -1.11. The maximum atomic E-state index is 12.9. The van der Waals surface area contributed by atoms with E-state index in [0.717, 1.165) is 89.9 Å². The SMILES string of the molecule is CC/C=C\C/C=C\C/C=C\C/C=C\C/C=C\CCCCCCCC(=O)NC(COP(=O)([O-])OCC[N+](C)(C)C)C(O)C(O)CCC/C=C/CC/C=C/CCCCC. The second-order valence-electron chi connectivity index (χ2n) is 15.8. The molecule has 328 valence electrons. The van der Waals surface area contributed by atoms with E-state index in [0.29, 0.717) is 30.3 Å². The molecule has 0 aromatic heterocycles. The average molecular weight is 819 g/mol. The monoisotopic (exact) mass is 819 g/mol. The molecule has 0 heterocycles. The summed E-state index contributed by atoms with van der Waals surface area (Å²) in [7, 11) is 1.06. The highest BCUT2D eigenvalue weighted by atomic mass is 31.2. The standard InChI is InChI=1S/C47H83N2O7P/c1-6-8-10-12-14-16-18-20-21-22-23-24-25-26-27-28-30-32-34-36-38-40-46(51)48-44(43-56-57(53,54)55-42-41-49(3,4)5)47(52)45(50)39-37-35-33-31-29-19-17-15-13-11-9-7-2/h8,10,14-17,20-21,23-24,26-27,31,33,44-45,47,50,52H,6-7,9,11-13,18-19,22,25,28-30,32,34-43H2,1-5H3,(H-,48,51,53,54)/b10-8-,16-14-,17-15+,21-20-,24-23-,27-26-,33-31+. The van der Waals surface area contributed by atoms with Crippen molar-refractivity contribution in [2.45, 2.75) is 167 Å². The molecule has 4 atom stereocenters. The summed E-state index contributed by atoms with van der Waals surface area (Å²) >= 11 is 0. The first kappa shape index (κ1) is 54.6. The number of carbonyl (C=O) groups is 1. The number of likely N-dealkylation sites (N-methyl/N-ethyl adjacent to an activating group) is 1. The highest BCUT2D eigenvalue weighted by Gasteiger charge is 2.29. The van der Waals surface area contributed by atoms with Crippen LogP contribution < -0.4 is 10.2 Å². The van der Waals surface area contributed by atoms with Gasteiger partial charge < -0.3 is 34.0 Å². The minimum atomic E-state index is -4.69. The molecule has 0 bridgehead atoms. The number of hydrogen-bond donors (Lipinski definition) is 3. The van der Waals surface area contributed by atoms with Crippen LogP contribution in [0.25, 0.3) is 0 Å². The summed E-state index contributed by atoms with van der Waals surface area (Å²) in [5, 5.41) is 24.5. The summed E-state index contributed by atoms with van der Waals surface area (Å²) in [6.45, 7) is 4.21. The van der Waals surface area contributed by atoms with Gasteiger partial charge in [-0.3, -0.25) is 9.36 Å². The maximum absolute atomic E-state index is 12.9. The van der Waals surface area contributed by atoms with E-state index < -0.39 is 32.7 Å². The molecule has 9 nitrogen and oxygen atoms in total. The molecule has 0 spiro atoms.